The first-order chi connectivity index (χ1) is 7.73. The van der Waals surface area contributed by atoms with Gasteiger partial charge < -0.3 is 0 Å². The maximum Gasteiger partial charge on any atom is 0.143 e. The third kappa shape index (κ3) is 1.14. The number of carbonyl (C=O) groups is 1. The van der Waals surface area contributed by atoms with Gasteiger partial charge >= 0.3 is 0 Å². The third-order valence-corrected chi connectivity index (χ3v) is 4.27. The first-order valence-corrected chi connectivity index (χ1v) is 6.04. The molecule has 1 saturated carbocycles. The van der Waals surface area contributed by atoms with Crippen LogP contribution in [0, 0.1) is 5.92 Å². The minimum atomic E-state index is -0.260. The molecule has 0 bridgehead atoms. The molecule has 0 spiro atoms. The van der Waals surface area contributed by atoms with Crippen LogP contribution in [-0.2, 0) is 10.2 Å². The summed E-state index contributed by atoms with van der Waals surface area (Å²) in [5.74, 6) is 0.823. The first-order valence-electron chi connectivity index (χ1n) is 6.04. The van der Waals surface area contributed by atoms with Crippen LogP contribution in [0.15, 0.2) is 30.3 Å². The normalized spacial score (nSPS) is 32.1. The topological polar surface area (TPSA) is 17.1 Å². The van der Waals surface area contributed by atoms with E-state index in [9.17, 15) is 4.79 Å². The molecule has 2 atom stereocenters. The zero-order chi connectivity index (χ0) is 11.2. The largest absolute Gasteiger partial charge is 0.299 e. The van der Waals surface area contributed by atoms with E-state index < -0.39 is 0 Å². The summed E-state index contributed by atoms with van der Waals surface area (Å²) >= 11 is 0. The predicted octanol–water partition coefficient (Wildman–Crippen LogP) is 3.34. The number of fused-ring (bicyclic) bond motifs is 3. The number of ketones is 1. The average molecular weight is 212 g/mol. The van der Waals surface area contributed by atoms with Gasteiger partial charge in [-0.2, -0.15) is 0 Å². The summed E-state index contributed by atoms with van der Waals surface area (Å²) in [6.07, 6.45) is 7.35. The number of Topliss-reactive ketones (excluding diaryl/α,β-unsaturated/α-hetero) is 1. The van der Waals surface area contributed by atoms with Crippen molar-refractivity contribution in [2.24, 2.45) is 5.92 Å². The molecule has 2 aliphatic rings. The second-order valence-electron chi connectivity index (χ2n) is 5.07. The van der Waals surface area contributed by atoms with E-state index >= 15 is 0 Å². The van der Waals surface area contributed by atoms with Gasteiger partial charge in [0.05, 0.1) is 5.41 Å². The highest BCUT2D eigenvalue weighted by atomic mass is 16.1. The number of benzene rings is 1. The maximum absolute atomic E-state index is 12.3. The molecule has 16 heavy (non-hydrogen) atoms. The Hall–Kier alpha value is -1.37. The fourth-order valence-electron chi connectivity index (χ4n) is 3.21. The lowest BCUT2D eigenvalue weighted by Crippen LogP contribution is -2.44. The van der Waals surface area contributed by atoms with E-state index in [-0.39, 0.29) is 5.41 Å². The van der Waals surface area contributed by atoms with Crippen LogP contribution in [-0.4, -0.2) is 5.78 Å². The SMILES string of the molecule is C[C@@]12C(=O)CCC[C@H]1C=Cc1ccccc12. The van der Waals surface area contributed by atoms with E-state index in [1.54, 1.807) is 0 Å². The van der Waals surface area contributed by atoms with Crippen LogP contribution in [0.4, 0.5) is 0 Å². The quantitative estimate of drug-likeness (QED) is 0.644. The summed E-state index contributed by atoms with van der Waals surface area (Å²) in [6, 6.07) is 8.31. The molecule has 0 aliphatic heterocycles. The minimum Gasteiger partial charge on any atom is -0.299 e. The Morgan fingerprint density at radius 2 is 2.12 bits per heavy atom. The van der Waals surface area contributed by atoms with Gasteiger partial charge in [-0.1, -0.05) is 36.4 Å². The highest BCUT2D eigenvalue weighted by Gasteiger charge is 2.45. The molecular formula is C15H16O. The highest BCUT2D eigenvalue weighted by molar-refractivity contribution is 5.93. The van der Waals surface area contributed by atoms with Crippen molar-refractivity contribution in [2.75, 3.05) is 0 Å². The molecule has 0 radical (unpaired) electrons. The Balaban J connectivity index is 2.21. The lowest BCUT2D eigenvalue weighted by molar-refractivity contribution is -0.127. The molecule has 1 aromatic rings. The second-order valence-corrected chi connectivity index (χ2v) is 5.07. The summed E-state index contributed by atoms with van der Waals surface area (Å²) in [6.45, 7) is 2.13. The Morgan fingerprint density at radius 3 is 3.00 bits per heavy atom. The average Bonchev–Trinajstić information content (AvgIpc) is 2.31. The summed E-state index contributed by atoms with van der Waals surface area (Å²) in [4.78, 5) is 12.3. The molecule has 0 amide bonds. The second kappa shape index (κ2) is 3.31. The Bertz CT molecular complexity index is 472. The van der Waals surface area contributed by atoms with Crippen LogP contribution >= 0.6 is 0 Å². The molecule has 1 aromatic carbocycles. The van der Waals surface area contributed by atoms with Gasteiger partial charge in [0.15, 0.2) is 0 Å². The molecule has 1 heteroatoms. The van der Waals surface area contributed by atoms with E-state index in [1.165, 1.54) is 11.1 Å². The maximum atomic E-state index is 12.3. The molecule has 1 fully saturated rings. The number of allylic oxidation sites excluding steroid dienone is 1. The van der Waals surface area contributed by atoms with Gasteiger partial charge in [-0.3, -0.25) is 4.79 Å². The predicted molar refractivity (Wildman–Crippen MR) is 65.2 cm³/mol. The van der Waals surface area contributed by atoms with Crippen LogP contribution in [0.3, 0.4) is 0 Å². The zero-order valence-electron chi connectivity index (χ0n) is 9.57. The van der Waals surface area contributed by atoms with Crippen LogP contribution in [0.2, 0.25) is 0 Å². The van der Waals surface area contributed by atoms with Crippen LogP contribution < -0.4 is 0 Å². The number of hydrogen-bond donors (Lipinski definition) is 0. The molecule has 3 rings (SSSR count). The van der Waals surface area contributed by atoms with E-state index in [2.05, 4.69) is 31.2 Å². The van der Waals surface area contributed by atoms with Crippen molar-refractivity contribution in [3.8, 4) is 0 Å². The molecule has 2 aliphatic carbocycles. The standard InChI is InChI=1S/C15H16O/c1-15-12(6-4-8-14(15)16)10-9-11-5-2-3-7-13(11)15/h2-3,5,7,9-10,12H,4,6,8H2,1H3/t12-,15+/m0/s1. The minimum absolute atomic E-state index is 0.260. The fraction of sp³-hybridized carbons (Fsp3) is 0.400. The van der Waals surface area contributed by atoms with Gasteiger partial charge in [-0.05, 0) is 36.8 Å². The lowest BCUT2D eigenvalue weighted by Gasteiger charge is -2.42. The number of carbonyl (C=O) groups excluding carboxylic acids is 1. The molecule has 1 nitrogen and oxygen atoms in total. The Morgan fingerprint density at radius 1 is 1.31 bits per heavy atom. The molecular weight excluding hydrogens is 196 g/mol. The number of rotatable bonds is 0. The van der Waals surface area contributed by atoms with Crippen molar-refractivity contribution in [1.29, 1.82) is 0 Å². The first kappa shape index (κ1) is 9.83. The van der Waals surface area contributed by atoms with E-state index in [1.807, 2.05) is 12.1 Å². The fourth-order valence-corrected chi connectivity index (χ4v) is 3.21. The molecule has 0 saturated heterocycles. The van der Waals surface area contributed by atoms with E-state index in [4.69, 9.17) is 0 Å². The molecule has 0 aromatic heterocycles. The van der Waals surface area contributed by atoms with Gasteiger partial charge in [0.2, 0.25) is 0 Å². The smallest absolute Gasteiger partial charge is 0.143 e. The van der Waals surface area contributed by atoms with Gasteiger partial charge in [-0.15, -0.1) is 0 Å². The van der Waals surface area contributed by atoms with Crippen molar-refractivity contribution < 1.29 is 4.79 Å². The Kier molecular flexibility index (Phi) is 2.03. The summed E-state index contributed by atoms with van der Waals surface area (Å²) in [5.41, 5.74) is 2.19. The van der Waals surface area contributed by atoms with Crippen LogP contribution in [0.25, 0.3) is 6.08 Å². The summed E-state index contributed by atoms with van der Waals surface area (Å²) in [5, 5.41) is 0. The van der Waals surface area contributed by atoms with Crippen LogP contribution in [0.1, 0.15) is 37.3 Å². The van der Waals surface area contributed by atoms with E-state index in [0.29, 0.717) is 11.7 Å². The van der Waals surface area contributed by atoms with Crippen LogP contribution in [0.5, 0.6) is 0 Å². The van der Waals surface area contributed by atoms with Gasteiger partial charge in [0.25, 0.3) is 0 Å². The Labute approximate surface area is 96.2 Å². The molecule has 0 unspecified atom stereocenters. The van der Waals surface area contributed by atoms with Crippen molar-refractivity contribution >= 4 is 11.9 Å². The van der Waals surface area contributed by atoms with Crippen molar-refractivity contribution in [2.45, 2.75) is 31.6 Å². The molecule has 0 heterocycles. The monoisotopic (exact) mass is 212 g/mol. The van der Waals surface area contributed by atoms with Crippen molar-refractivity contribution in [3.05, 3.63) is 41.5 Å². The van der Waals surface area contributed by atoms with Gasteiger partial charge in [-0.25, -0.2) is 0 Å². The summed E-state index contributed by atoms with van der Waals surface area (Å²) in [7, 11) is 0. The van der Waals surface area contributed by atoms with Gasteiger partial charge in [0.1, 0.15) is 5.78 Å². The third-order valence-electron chi connectivity index (χ3n) is 4.27. The molecule has 82 valence electrons. The zero-order valence-corrected chi connectivity index (χ0v) is 9.57. The highest BCUT2D eigenvalue weighted by Crippen LogP contribution is 2.46. The summed E-state index contributed by atoms with van der Waals surface area (Å²) < 4.78 is 0. The van der Waals surface area contributed by atoms with E-state index in [0.717, 1.165) is 19.3 Å². The van der Waals surface area contributed by atoms with Gasteiger partial charge in [0, 0.05) is 6.42 Å². The lowest BCUT2D eigenvalue weighted by atomic mass is 9.60. The van der Waals surface area contributed by atoms with Crippen molar-refractivity contribution in [3.63, 3.8) is 0 Å². The molecule has 0 N–H and O–H groups in total. The van der Waals surface area contributed by atoms with Crippen molar-refractivity contribution in [1.82, 2.24) is 0 Å². The number of hydrogen-bond acceptors (Lipinski definition) is 1.